The smallest absolute Gasteiger partial charge is 0.208 e. The van der Waals surface area contributed by atoms with E-state index in [4.69, 9.17) is 10.2 Å². The van der Waals surface area contributed by atoms with Crippen molar-refractivity contribution in [3.8, 4) is 0 Å². The normalized spacial score (nSPS) is 11.0. The van der Waals surface area contributed by atoms with Crippen LogP contribution in [0, 0.1) is 0 Å². The molecule has 4 heteroatoms. The average Bonchev–Trinajstić information content (AvgIpc) is 2.46. The fourth-order valence-corrected chi connectivity index (χ4v) is 1.64. The van der Waals surface area contributed by atoms with Gasteiger partial charge in [-0.2, -0.15) is 0 Å². The van der Waals surface area contributed by atoms with Crippen molar-refractivity contribution < 1.29 is 4.42 Å². The third kappa shape index (κ3) is 1.15. The second-order valence-electron chi connectivity index (χ2n) is 2.24. The van der Waals surface area contributed by atoms with Gasteiger partial charge in [-0.1, -0.05) is 0 Å². The summed E-state index contributed by atoms with van der Waals surface area (Å²) < 4.78 is 5.38. The number of oxazole rings is 1. The summed E-state index contributed by atoms with van der Waals surface area (Å²) in [4.78, 5) is 5.12. The summed E-state index contributed by atoms with van der Waals surface area (Å²) in [5.41, 5.74) is 6.30. The van der Waals surface area contributed by atoms with E-state index < -0.39 is 0 Å². The molecule has 0 amide bonds. The van der Waals surface area contributed by atoms with Gasteiger partial charge in [0.2, 0.25) is 4.90 Å². The molecule has 11 heavy (non-hydrogen) atoms. The van der Waals surface area contributed by atoms with Crippen LogP contribution < -0.4 is 5.73 Å². The quantitative estimate of drug-likeness (QED) is 0.737. The zero-order valence-electron chi connectivity index (χ0n) is 5.91. The first-order chi connectivity index (χ1) is 5.40. The van der Waals surface area contributed by atoms with Gasteiger partial charge >= 0.3 is 0 Å². The van der Waals surface area contributed by atoms with Crippen LogP contribution >= 0.6 is 11.3 Å². The summed E-state index contributed by atoms with van der Waals surface area (Å²) in [5.74, 6) is 0.745. The van der Waals surface area contributed by atoms with Gasteiger partial charge in [0.1, 0.15) is 5.52 Å². The predicted molar refractivity (Wildman–Crippen MR) is 44.6 cm³/mol. The molecule has 2 N–H and O–H groups in total. The van der Waals surface area contributed by atoms with Crippen LogP contribution in [0.15, 0.2) is 15.9 Å². The molecule has 2 aromatic rings. The van der Waals surface area contributed by atoms with Gasteiger partial charge in [-0.25, -0.2) is 4.98 Å². The molecule has 0 aromatic carbocycles. The zero-order valence-corrected chi connectivity index (χ0v) is 6.73. The molecule has 0 saturated heterocycles. The second-order valence-corrected chi connectivity index (χ2v) is 3.12. The highest BCUT2D eigenvalue weighted by atomic mass is 32.1. The van der Waals surface area contributed by atoms with E-state index in [1.165, 1.54) is 0 Å². The molecular formula is C7H8N2OS. The molecule has 0 aliphatic carbocycles. The van der Waals surface area contributed by atoms with Crippen molar-refractivity contribution in [2.75, 3.05) is 6.54 Å². The van der Waals surface area contributed by atoms with Crippen molar-refractivity contribution in [3.63, 3.8) is 0 Å². The first-order valence-corrected chi connectivity index (χ1v) is 4.31. The van der Waals surface area contributed by atoms with Crippen LogP contribution in [0.25, 0.3) is 10.4 Å². The van der Waals surface area contributed by atoms with Crippen molar-refractivity contribution in [3.05, 3.63) is 17.3 Å². The van der Waals surface area contributed by atoms with E-state index in [-0.39, 0.29) is 0 Å². The monoisotopic (exact) mass is 168 g/mol. The number of hydrogen-bond acceptors (Lipinski definition) is 4. The molecule has 0 spiro atoms. The van der Waals surface area contributed by atoms with Gasteiger partial charge in [0.15, 0.2) is 5.89 Å². The van der Waals surface area contributed by atoms with Crippen LogP contribution in [0.1, 0.15) is 5.89 Å². The van der Waals surface area contributed by atoms with Crippen LogP contribution in [-0.4, -0.2) is 11.5 Å². The largest absolute Gasteiger partial charge is 0.430 e. The SMILES string of the molecule is NCCc1nc2ccsc2o1. The Morgan fingerprint density at radius 3 is 3.27 bits per heavy atom. The lowest BCUT2D eigenvalue weighted by Gasteiger charge is -1.85. The Hall–Kier alpha value is -0.870. The summed E-state index contributed by atoms with van der Waals surface area (Å²) >= 11 is 1.56. The number of hydrogen-bond donors (Lipinski definition) is 1. The topological polar surface area (TPSA) is 52.0 Å². The summed E-state index contributed by atoms with van der Waals surface area (Å²) in [5, 5.41) is 1.97. The molecule has 58 valence electrons. The maximum atomic E-state index is 5.38. The molecule has 2 aromatic heterocycles. The van der Waals surface area contributed by atoms with Crippen molar-refractivity contribution in [2.45, 2.75) is 6.42 Å². The van der Waals surface area contributed by atoms with Crippen LogP contribution in [0.2, 0.25) is 0 Å². The Kier molecular flexibility index (Phi) is 1.63. The maximum absolute atomic E-state index is 5.38. The number of thiophene rings is 1. The number of nitrogens with zero attached hydrogens (tertiary/aromatic N) is 1. The lowest BCUT2D eigenvalue weighted by atomic mass is 10.4. The zero-order chi connectivity index (χ0) is 7.68. The van der Waals surface area contributed by atoms with Gasteiger partial charge < -0.3 is 10.2 Å². The maximum Gasteiger partial charge on any atom is 0.208 e. The van der Waals surface area contributed by atoms with E-state index in [1.54, 1.807) is 11.3 Å². The molecule has 0 bridgehead atoms. The van der Waals surface area contributed by atoms with Crippen LogP contribution in [-0.2, 0) is 6.42 Å². The minimum absolute atomic E-state index is 0.591. The summed E-state index contributed by atoms with van der Waals surface area (Å²) in [6.07, 6.45) is 0.724. The first-order valence-electron chi connectivity index (χ1n) is 3.43. The number of fused-ring (bicyclic) bond motifs is 1. The number of aromatic nitrogens is 1. The molecule has 0 aliphatic rings. The highest BCUT2D eigenvalue weighted by Crippen LogP contribution is 2.20. The van der Waals surface area contributed by atoms with Crippen LogP contribution in [0.5, 0.6) is 0 Å². The lowest BCUT2D eigenvalue weighted by Crippen LogP contribution is -2.02. The van der Waals surface area contributed by atoms with Gasteiger partial charge in [-0.3, -0.25) is 0 Å². The molecule has 2 heterocycles. The Labute approximate surface area is 67.8 Å². The van der Waals surface area contributed by atoms with Gasteiger partial charge in [0.25, 0.3) is 0 Å². The Bertz CT molecular complexity index is 323. The third-order valence-corrected chi connectivity index (χ3v) is 2.20. The molecule has 0 radical (unpaired) electrons. The van der Waals surface area contributed by atoms with Gasteiger partial charge in [0, 0.05) is 13.0 Å². The van der Waals surface area contributed by atoms with E-state index in [9.17, 15) is 0 Å². The van der Waals surface area contributed by atoms with E-state index in [1.807, 2.05) is 11.4 Å². The van der Waals surface area contributed by atoms with Gasteiger partial charge in [0.05, 0.1) is 0 Å². The molecule has 3 nitrogen and oxygen atoms in total. The van der Waals surface area contributed by atoms with Crippen LogP contribution in [0.4, 0.5) is 0 Å². The Balaban J connectivity index is 2.42. The average molecular weight is 168 g/mol. The Morgan fingerprint density at radius 2 is 2.55 bits per heavy atom. The minimum atomic E-state index is 0.591. The molecule has 0 unspecified atom stereocenters. The summed E-state index contributed by atoms with van der Waals surface area (Å²) in [6, 6.07) is 1.95. The standard InChI is InChI=1S/C7H8N2OS/c8-3-1-6-9-5-2-4-11-7(5)10-6/h2,4H,1,3,8H2. The molecular weight excluding hydrogens is 160 g/mol. The Morgan fingerprint density at radius 1 is 1.64 bits per heavy atom. The van der Waals surface area contributed by atoms with Crippen LogP contribution in [0.3, 0.4) is 0 Å². The minimum Gasteiger partial charge on any atom is -0.430 e. The van der Waals surface area contributed by atoms with Crippen molar-refractivity contribution in [2.24, 2.45) is 5.73 Å². The summed E-state index contributed by atoms with van der Waals surface area (Å²) in [7, 11) is 0. The summed E-state index contributed by atoms with van der Waals surface area (Å²) in [6.45, 7) is 0.591. The molecule has 0 fully saturated rings. The molecule has 0 aliphatic heterocycles. The fourth-order valence-electron chi connectivity index (χ4n) is 0.943. The van der Waals surface area contributed by atoms with E-state index in [2.05, 4.69) is 4.98 Å². The van der Waals surface area contributed by atoms with Crippen molar-refractivity contribution in [1.29, 1.82) is 0 Å². The second kappa shape index (κ2) is 2.64. The predicted octanol–water partition coefficient (Wildman–Crippen LogP) is 1.39. The van der Waals surface area contributed by atoms with E-state index >= 15 is 0 Å². The lowest BCUT2D eigenvalue weighted by molar-refractivity contribution is 0.536. The van der Waals surface area contributed by atoms with E-state index in [0.717, 1.165) is 22.7 Å². The highest BCUT2D eigenvalue weighted by molar-refractivity contribution is 7.16. The van der Waals surface area contributed by atoms with Gasteiger partial charge in [-0.05, 0) is 11.4 Å². The fraction of sp³-hybridized carbons (Fsp3) is 0.286. The van der Waals surface area contributed by atoms with Crippen molar-refractivity contribution in [1.82, 2.24) is 4.98 Å². The molecule has 0 atom stereocenters. The first kappa shape index (κ1) is 6.82. The number of rotatable bonds is 2. The third-order valence-electron chi connectivity index (χ3n) is 1.42. The highest BCUT2D eigenvalue weighted by Gasteiger charge is 2.04. The van der Waals surface area contributed by atoms with Gasteiger partial charge in [-0.15, -0.1) is 11.3 Å². The number of nitrogens with two attached hydrogens (primary N) is 1. The van der Waals surface area contributed by atoms with E-state index in [0.29, 0.717) is 6.54 Å². The molecule has 2 rings (SSSR count). The van der Waals surface area contributed by atoms with Crippen molar-refractivity contribution >= 4 is 21.8 Å². The molecule has 0 saturated carbocycles.